The number of hydrogen-bond acceptors (Lipinski definition) is 3. The average molecular weight is 264 g/mol. The van der Waals surface area contributed by atoms with Crippen molar-refractivity contribution < 1.29 is 0 Å². The maximum Gasteiger partial charge on any atom is 0.0948 e. The first-order chi connectivity index (χ1) is 9.12. The molecule has 4 heteroatoms. The lowest BCUT2D eigenvalue weighted by molar-refractivity contribution is 0.314. The molecule has 0 radical (unpaired) electrons. The number of nitrogens with one attached hydrogen (secondary N) is 1. The Morgan fingerprint density at radius 1 is 1.32 bits per heavy atom. The fourth-order valence-corrected chi connectivity index (χ4v) is 2.95. The minimum atomic E-state index is 0.309. The van der Waals surface area contributed by atoms with Gasteiger partial charge in [-0.3, -0.25) is 0 Å². The zero-order chi connectivity index (χ0) is 13.7. The molecule has 1 aromatic heterocycles. The van der Waals surface area contributed by atoms with Gasteiger partial charge in [0.15, 0.2) is 0 Å². The Balaban J connectivity index is 1.93. The van der Waals surface area contributed by atoms with Gasteiger partial charge in [0.1, 0.15) is 0 Å². The Morgan fingerprint density at radius 2 is 2.05 bits per heavy atom. The van der Waals surface area contributed by atoms with Crippen LogP contribution in [0.15, 0.2) is 12.5 Å². The lowest BCUT2D eigenvalue weighted by Crippen LogP contribution is -2.39. The number of piperidine rings is 1. The highest BCUT2D eigenvalue weighted by Gasteiger charge is 2.31. The quantitative estimate of drug-likeness (QED) is 0.796. The fraction of sp³-hybridized carbons (Fsp3) is 0.800. The Morgan fingerprint density at radius 3 is 2.74 bits per heavy atom. The summed E-state index contributed by atoms with van der Waals surface area (Å²) in [5.74, 6) is 0. The van der Waals surface area contributed by atoms with E-state index in [4.69, 9.17) is 0 Å². The van der Waals surface area contributed by atoms with E-state index in [2.05, 4.69) is 47.0 Å². The number of nitrogens with zero attached hydrogens (tertiary/aromatic N) is 3. The second kappa shape index (κ2) is 6.53. The summed E-state index contributed by atoms with van der Waals surface area (Å²) in [6, 6.07) is 0. The molecule has 1 saturated heterocycles. The summed E-state index contributed by atoms with van der Waals surface area (Å²) < 4.78 is 2.38. The predicted octanol–water partition coefficient (Wildman–Crippen LogP) is 1.87. The molecule has 4 nitrogen and oxygen atoms in total. The Kier molecular flexibility index (Phi) is 4.99. The maximum atomic E-state index is 4.39. The van der Waals surface area contributed by atoms with Crippen molar-refractivity contribution in [3.63, 3.8) is 0 Å². The smallest absolute Gasteiger partial charge is 0.0948 e. The van der Waals surface area contributed by atoms with Gasteiger partial charge in [-0.05, 0) is 59.4 Å². The largest absolute Gasteiger partial charge is 0.334 e. The third-order valence-electron chi connectivity index (χ3n) is 4.29. The van der Waals surface area contributed by atoms with Gasteiger partial charge in [0.2, 0.25) is 0 Å². The van der Waals surface area contributed by atoms with Crippen molar-refractivity contribution in [1.82, 2.24) is 19.8 Å². The number of imidazole rings is 1. The molecule has 1 aliphatic heterocycles. The number of aryl methyl sites for hydroxylation is 1. The van der Waals surface area contributed by atoms with E-state index in [1.807, 2.05) is 6.33 Å². The molecule has 1 aliphatic rings. The minimum Gasteiger partial charge on any atom is -0.334 e. The van der Waals surface area contributed by atoms with E-state index in [0.29, 0.717) is 5.41 Å². The molecule has 0 aromatic carbocycles. The van der Waals surface area contributed by atoms with Crippen molar-refractivity contribution in [2.45, 2.75) is 44.6 Å². The van der Waals surface area contributed by atoms with Crippen LogP contribution in [0.5, 0.6) is 0 Å². The van der Waals surface area contributed by atoms with Gasteiger partial charge in [-0.15, -0.1) is 0 Å². The van der Waals surface area contributed by atoms with Gasteiger partial charge >= 0.3 is 0 Å². The summed E-state index contributed by atoms with van der Waals surface area (Å²) in [5.41, 5.74) is 1.74. The van der Waals surface area contributed by atoms with Crippen LogP contribution in [0, 0.1) is 0 Å². The second-order valence-corrected chi connectivity index (χ2v) is 6.29. The second-order valence-electron chi connectivity index (χ2n) is 6.29. The van der Waals surface area contributed by atoms with Crippen LogP contribution >= 0.6 is 0 Å². The third kappa shape index (κ3) is 3.80. The van der Waals surface area contributed by atoms with E-state index in [1.54, 1.807) is 0 Å². The SMILES string of the molecule is CN(C)CCCCn1cncc1C1(C)CCNCC1. The molecule has 0 unspecified atom stereocenters. The first-order valence-corrected chi connectivity index (χ1v) is 7.48. The molecule has 19 heavy (non-hydrogen) atoms. The Hall–Kier alpha value is -0.870. The molecule has 2 rings (SSSR count). The van der Waals surface area contributed by atoms with E-state index in [1.165, 1.54) is 37.9 Å². The van der Waals surface area contributed by atoms with E-state index >= 15 is 0 Å². The van der Waals surface area contributed by atoms with Crippen molar-refractivity contribution in [1.29, 1.82) is 0 Å². The number of rotatable bonds is 6. The van der Waals surface area contributed by atoms with Crippen LogP contribution in [-0.2, 0) is 12.0 Å². The van der Waals surface area contributed by atoms with Gasteiger partial charge in [-0.2, -0.15) is 0 Å². The normalized spacial score (nSPS) is 18.9. The van der Waals surface area contributed by atoms with Crippen LogP contribution in [0.1, 0.15) is 38.3 Å². The Labute approximate surface area is 117 Å². The molecule has 108 valence electrons. The summed E-state index contributed by atoms with van der Waals surface area (Å²) >= 11 is 0. The van der Waals surface area contributed by atoms with Crippen molar-refractivity contribution >= 4 is 0 Å². The molecule has 0 saturated carbocycles. The molecular weight excluding hydrogens is 236 g/mol. The number of aromatic nitrogens is 2. The van der Waals surface area contributed by atoms with Crippen molar-refractivity contribution in [3.8, 4) is 0 Å². The predicted molar refractivity (Wildman–Crippen MR) is 79.5 cm³/mol. The summed E-state index contributed by atoms with van der Waals surface area (Å²) in [7, 11) is 4.28. The molecule has 0 atom stereocenters. The average Bonchev–Trinajstić information content (AvgIpc) is 2.84. The van der Waals surface area contributed by atoms with Crippen LogP contribution in [0.3, 0.4) is 0 Å². The van der Waals surface area contributed by atoms with Gasteiger partial charge < -0.3 is 14.8 Å². The van der Waals surface area contributed by atoms with Crippen LogP contribution in [-0.4, -0.2) is 48.2 Å². The van der Waals surface area contributed by atoms with Crippen LogP contribution in [0.4, 0.5) is 0 Å². The summed E-state index contributed by atoms with van der Waals surface area (Å²) in [6.45, 7) is 6.92. The highest BCUT2D eigenvalue weighted by atomic mass is 15.1. The standard InChI is InChI=1S/C15H28N4/c1-15(6-8-16-9-7-15)14-12-17-13-19(14)11-5-4-10-18(2)3/h12-13,16H,4-11H2,1-3H3. The van der Waals surface area contributed by atoms with Crippen LogP contribution < -0.4 is 5.32 Å². The van der Waals surface area contributed by atoms with Gasteiger partial charge in [0, 0.05) is 23.9 Å². The van der Waals surface area contributed by atoms with Gasteiger partial charge in [0.05, 0.1) is 6.33 Å². The molecule has 0 spiro atoms. The van der Waals surface area contributed by atoms with Crippen molar-refractivity contribution in [2.24, 2.45) is 0 Å². The zero-order valence-electron chi connectivity index (χ0n) is 12.7. The van der Waals surface area contributed by atoms with E-state index < -0.39 is 0 Å². The fourth-order valence-electron chi connectivity index (χ4n) is 2.95. The molecule has 1 N–H and O–H groups in total. The summed E-state index contributed by atoms with van der Waals surface area (Å²) in [5, 5.41) is 3.45. The van der Waals surface area contributed by atoms with E-state index in [-0.39, 0.29) is 0 Å². The minimum absolute atomic E-state index is 0.309. The zero-order valence-corrected chi connectivity index (χ0v) is 12.7. The molecule has 2 heterocycles. The van der Waals surface area contributed by atoms with Crippen molar-refractivity contribution in [3.05, 3.63) is 18.2 Å². The number of hydrogen-bond donors (Lipinski definition) is 1. The molecule has 0 amide bonds. The van der Waals surface area contributed by atoms with Crippen LogP contribution in [0.2, 0.25) is 0 Å². The molecule has 1 aromatic rings. The van der Waals surface area contributed by atoms with E-state index in [0.717, 1.165) is 19.6 Å². The third-order valence-corrected chi connectivity index (χ3v) is 4.29. The lowest BCUT2D eigenvalue weighted by atomic mass is 9.78. The van der Waals surface area contributed by atoms with Crippen molar-refractivity contribution in [2.75, 3.05) is 33.7 Å². The summed E-state index contributed by atoms with van der Waals surface area (Å²) in [4.78, 5) is 6.64. The highest BCUT2D eigenvalue weighted by Crippen LogP contribution is 2.32. The lowest BCUT2D eigenvalue weighted by Gasteiger charge is -2.34. The highest BCUT2D eigenvalue weighted by molar-refractivity contribution is 5.15. The monoisotopic (exact) mass is 264 g/mol. The molecule has 0 bridgehead atoms. The van der Waals surface area contributed by atoms with E-state index in [9.17, 15) is 0 Å². The first kappa shape index (κ1) is 14.5. The topological polar surface area (TPSA) is 33.1 Å². The maximum absolute atomic E-state index is 4.39. The van der Waals surface area contributed by atoms with Gasteiger partial charge in [-0.1, -0.05) is 6.92 Å². The summed E-state index contributed by atoms with van der Waals surface area (Å²) in [6.07, 6.45) is 9.01. The first-order valence-electron chi connectivity index (χ1n) is 7.48. The van der Waals surface area contributed by atoms with Gasteiger partial charge in [0.25, 0.3) is 0 Å². The Bertz CT molecular complexity index is 377. The van der Waals surface area contributed by atoms with Crippen LogP contribution in [0.25, 0.3) is 0 Å². The molecule has 1 fully saturated rings. The number of unbranched alkanes of at least 4 members (excludes halogenated alkanes) is 1. The van der Waals surface area contributed by atoms with Gasteiger partial charge in [-0.25, -0.2) is 4.98 Å². The molecular formula is C15H28N4. The molecule has 0 aliphatic carbocycles.